The van der Waals surface area contributed by atoms with E-state index in [9.17, 15) is 9.90 Å². The molecule has 0 aromatic heterocycles. The Bertz CT molecular complexity index is 401. The number of rotatable bonds is 8. The van der Waals surface area contributed by atoms with Crippen molar-refractivity contribution in [3.63, 3.8) is 0 Å². The van der Waals surface area contributed by atoms with Crippen LogP contribution >= 0.6 is 15.9 Å². The third-order valence-corrected chi connectivity index (χ3v) is 3.44. The van der Waals surface area contributed by atoms with Crippen LogP contribution in [0.15, 0.2) is 41.4 Å². The van der Waals surface area contributed by atoms with Crippen LogP contribution in [0.2, 0.25) is 0 Å². The van der Waals surface area contributed by atoms with E-state index in [4.69, 9.17) is 0 Å². The Kier molecular flexibility index (Phi) is 6.73. The number of aliphatic carboxylic acids is 1. The van der Waals surface area contributed by atoms with E-state index >= 15 is 0 Å². The van der Waals surface area contributed by atoms with Crippen molar-refractivity contribution < 1.29 is 9.90 Å². The minimum absolute atomic E-state index is 0.397. The van der Waals surface area contributed by atoms with Gasteiger partial charge < -0.3 is 5.11 Å². The molecule has 1 unspecified atom stereocenters. The Morgan fingerprint density at radius 1 is 1.39 bits per heavy atom. The fraction of sp³-hybridized carbons (Fsp3) is 0.400. The lowest BCUT2D eigenvalue weighted by atomic mass is 9.93. The number of carboxylic acid groups (broad SMARTS) is 1. The molecule has 0 saturated heterocycles. The summed E-state index contributed by atoms with van der Waals surface area (Å²) >= 11 is 3.38. The van der Waals surface area contributed by atoms with Gasteiger partial charge in [0.2, 0.25) is 0 Å². The molecule has 18 heavy (non-hydrogen) atoms. The molecule has 0 aliphatic heterocycles. The monoisotopic (exact) mass is 310 g/mol. The molecule has 3 heteroatoms. The molecule has 0 bridgehead atoms. The molecule has 1 N–H and O–H groups in total. The topological polar surface area (TPSA) is 37.3 Å². The number of benzene rings is 1. The van der Waals surface area contributed by atoms with Gasteiger partial charge in [0.25, 0.3) is 0 Å². The highest BCUT2D eigenvalue weighted by Crippen LogP contribution is 2.25. The summed E-state index contributed by atoms with van der Waals surface area (Å²) < 4.78 is 0.929. The molecule has 0 radical (unpaired) electrons. The van der Waals surface area contributed by atoms with Gasteiger partial charge in [-0.05, 0) is 37.0 Å². The molecule has 0 aliphatic carbocycles. The highest BCUT2D eigenvalue weighted by molar-refractivity contribution is 9.10. The number of hydrogen-bond donors (Lipinski definition) is 1. The van der Waals surface area contributed by atoms with Crippen LogP contribution in [0.25, 0.3) is 0 Å². The van der Waals surface area contributed by atoms with Crippen LogP contribution in [0.5, 0.6) is 0 Å². The van der Waals surface area contributed by atoms with Gasteiger partial charge in [-0.1, -0.05) is 47.0 Å². The quantitative estimate of drug-likeness (QED) is 0.555. The van der Waals surface area contributed by atoms with Crippen LogP contribution in [-0.4, -0.2) is 11.1 Å². The van der Waals surface area contributed by atoms with E-state index in [1.54, 1.807) is 0 Å². The third-order valence-electron chi connectivity index (χ3n) is 2.95. The van der Waals surface area contributed by atoms with Crippen molar-refractivity contribution in [2.75, 3.05) is 0 Å². The van der Waals surface area contributed by atoms with Crippen molar-refractivity contribution in [1.82, 2.24) is 0 Å². The summed E-state index contributed by atoms with van der Waals surface area (Å²) in [5.41, 5.74) is 0.876. The first kappa shape index (κ1) is 15.0. The summed E-state index contributed by atoms with van der Waals surface area (Å²) in [5.74, 6) is -1.14. The van der Waals surface area contributed by atoms with Crippen molar-refractivity contribution >= 4 is 21.9 Å². The van der Waals surface area contributed by atoms with E-state index in [-0.39, 0.29) is 0 Å². The number of allylic oxidation sites excluding steroid dienone is 1. The van der Waals surface area contributed by atoms with Crippen LogP contribution in [0.1, 0.15) is 43.6 Å². The molecule has 1 atom stereocenters. The lowest BCUT2D eigenvalue weighted by Crippen LogP contribution is -2.11. The fourth-order valence-electron chi connectivity index (χ4n) is 1.97. The maximum Gasteiger partial charge on any atom is 0.310 e. The van der Waals surface area contributed by atoms with Crippen molar-refractivity contribution in [2.45, 2.75) is 38.0 Å². The summed E-state index contributed by atoms with van der Waals surface area (Å²) in [6.07, 6.45) is 6.70. The molecule has 0 heterocycles. The highest BCUT2D eigenvalue weighted by atomic mass is 79.9. The predicted octanol–water partition coefficient (Wildman–Crippen LogP) is 4.75. The zero-order valence-electron chi connectivity index (χ0n) is 10.4. The molecule has 1 aromatic rings. The second-order valence-corrected chi connectivity index (χ2v) is 5.29. The summed E-state index contributed by atoms with van der Waals surface area (Å²) in [5, 5.41) is 9.29. The van der Waals surface area contributed by atoms with Gasteiger partial charge in [-0.2, -0.15) is 0 Å². The average Bonchev–Trinajstić information content (AvgIpc) is 2.33. The number of carboxylic acids is 1. The standard InChI is InChI=1S/C15H19BrO2/c1-2-3-4-5-6-10-14(15(17)18)12-8-7-9-13(16)11-12/h2,7-9,11,14H,1,3-6,10H2,(H,17,18). The Morgan fingerprint density at radius 2 is 2.17 bits per heavy atom. The molecule has 0 fully saturated rings. The molecule has 0 spiro atoms. The Morgan fingerprint density at radius 3 is 2.78 bits per heavy atom. The summed E-state index contributed by atoms with van der Waals surface area (Å²) in [6, 6.07) is 7.56. The molecule has 2 nitrogen and oxygen atoms in total. The normalized spacial score (nSPS) is 12.1. The van der Waals surface area contributed by atoms with Crippen molar-refractivity contribution in [2.24, 2.45) is 0 Å². The average molecular weight is 311 g/mol. The van der Waals surface area contributed by atoms with E-state index in [1.807, 2.05) is 30.3 Å². The van der Waals surface area contributed by atoms with Crippen LogP contribution in [-0.2, 0) is 4.79 Å². The molecule has 0 saturated carbocycles. The molecule has 1 aromatic carbocycles. The minimum Gasteiger partial charge on any atom is -0.481 e. The summed E-state index contributed by atoms with van der Waals surface area (Å²) in [4.78, 5) is 11.3. The summed E-state index contributed by atoms with van der Waals surface area (Å²) in [7, 11) is 0. The van der Waals surface area contributed by atoms with Gasteiger partial charge in [-0.25, -0.2) is 0 Å². The van der Waals surface area contributed by atoms with E-state index in [0.717, 1.165) is 35.7 Å². The zero-order chi connectivity index (χ0) is 13.4. The second-order valence-electron chi connectivity index (χ2n) is 4.37. The number of unbranched alkanes of at least 4 members (excludes halogenated alkanes) is 3. The predicted molar refractivity (Wildman–Crippen MR) is 77.8 cm³/mol. The maximum absolute atomic E-state index is 11.3. The molecular formula is C15H19BrO2. The Hall–Kier alpha value is -1.09. The Labute approximate surface area is 117 Å². The number of hydrogen-bond acceptors (Lipinski definition) is 1. The highest BCUT2D eigenvalue weighted by Gasteiger charge is 2.19. The Balaban J connectivity index is 2.55. The van der Waals surface area contributed by atoms with Gasteiger partial charge in [0.15, 0.2) is 0 Å². The zero-order valence-corrected chi connectivity index (χ0v) is 12.0. The number of carbonyl (C=O) groups is 1. The van der Waals surface area contributed by atoms with E-state index < -0.39 is 11.9 Å². The van der Waals surface area contributed by atoms with Crippen LogP contribution in [0.4, 0.5) is 0 Å². The maximum atomic E-state index is 11.3. The van der Waals surface area contributed by atoms with Crippen molar-refractivity contribution in [3.05, 3.63) is 47.0 Å². The first-order chi connectivity index (χ1) is 8.65. The first-order valence-corrected chi connectivity index (χ1v) is 7.03. The summed E-state index contributed by atoms with van der Waals surface area (Å²) in [6.45, 7) is 3.68. The van der Waals surface area contributed by atoms with Gasteiger partial charge in [-0.3, -0.25) is 4.79 Å². The lowest BCUT2D eigenvalue weighted by molar-refractivity contribution is -0.139. The van der Waals surface area contributed by atoms with E-state index in [1.165, 1.54) is 0 Å². The largest absolute Gasteiger partial charge is 0.481 e. The van der Waals surface area contributed by atoms with Crippen LogP contribution < -0.4 is 0 Å². The lowest BCUT2D eigenvalue weighted by Gasteiger charge is -2.12. The van der Waals surface area contributed by atoms with Crippen LogP contribution in [0.3, 0.4) is 0 Å². The first-order valence-electron chi connectivity index (χ1n) is 6.24. The number of halogens is 1. The van der Waals surface area contributed by atoms with Gasteiger partial charge in [0, 0.05) is 4.47 Å². The van der Waals surface area contributed by atoms with E-state index in [2.05, 4.69) is 22.5 Å². The van der Waals surface area contributed by atoms with Crippen molar-refractivity contribution in [3.8, 4) is 0 Å². The van der Waals surface area contributed by atoms with Gasteiger partial charge in [0.1, 0.15) is 0 Å². The minimum atomic E-state index is -0.739. The molecule has 1 rings (SSSR count). The van der Waals surface area contributed by atoms with Crippen LogP contribution in [0, 0.1) is 0 Å². The molecule has 0 amide bonds. The molecular weight excluding hydrogens is 292 g/mol. The third kappa shape index (κ3) is 5.05. The molecule has 0 aliphatic rings. The molecule has 98 valence electrons. The van der Waals surface area contributed by atoms with Gasteiger partial charge in [-0.15, -0.1) is 6.58 Å². The second kappa shape index (κ2) is 8.09. The SMILES string of the molecule is C=CCCCCCC(C(=O)O)c1cccc(Br)c1. The van der Waals surface area contributed by atoms with E-state index in [0.29, 0.717) is 6.42 Å². The van der Waals surface area contributed by atoms with Gasteiger partial charge in [0.05, 0.1) is 5.92 Å². The fourth-order valence-corrected chi connectivity index (χ4v) is 2.39. The van der Waals surface area contributed by atoms with Crippen molar-refractivity contribution in [1.29, 1.82) is 0 Å². The smallest absolute Gasteiger partial charge is 0.310 e. The van der Waals surface area contributed by atoms with Gasteiger partial charge >= 0.3 is 5.97 Å².